The number of Topliss-reactive ketones (excluding diaryl/α,β-unsaturated/α-hetero) is 1. The molecule has 5 heteroatoms. The lowest BCUT2D eigenvalue weighted by molar-refractivity contribution is 0.0939. The van der Waals surface area contributed by atoms with E-state index in [-0.39, 0.29) is 11.7 Å². The highest BCUT2D eigenvalue weighted by atomic mass is 35.5. The normalized spacial score (nSPS) is 17.4. The number of hydrogen-bond acceptors (Lipinski definition) is 3. The minimum absolute atomic E-state index is 0.0134. The summed E-state index contributed by atoms with van der Waals surface area (Å²) in [5, 5.41) is 0.506. The Balaban J connectivity index is 1.74. The van der Waals surface area contributed by atoms with Gasteiger partial charge in [-0.2, -0.15) is 0 Å². The summed E-state index contributed by atoms with van der Waals surface area (Å²) in [6.07, 6.45) is 1.02. The van der Waals surface area contributed by atoms with E-state index in [0.717, 1.165) is 43.0 Å². The zero-order valence-electron chi connectivity index (χ0n) is 16.7. The molecule has 0 unspecified atom stereocenters. The molecule has 0 aromatic heterocycles. The Morgan fingerprint density at radius 3 is 2.39 bits per heavy atom. The molecule has 2 aromatic carbocycles. The van der Waals surface area contributed by atoms with Crippen molar-refractivity contribution < 1.29 is 4.79 Å². The van der Waals surface area contributed by atoms with Gasteiger partial charge in [-0.3, -0.25) is 4.79 Å². The fourth-order valence-corrected chi connectivity index (χ4v) is 3.85. The third-order valence-corrected chi connectivity index (χ3v) is 5.69. The Morgan fingerprint density at radius 1 is 1.11 bits per heavy atom. The van der Waals surface area contributed by atoms with Gasteiger partial charge in [-0.1, -0.05) is 31.5 Å². The van der Waals surface area contributed by atoms with E-state index in [4.69, 9.17) is 18.2 Å². The molecule has 0 spiro atoms. The van der Waals surface area contributed by atoms with Crippen molar-refractivity contribution in [3.05, 3.63) is 64.5 Å². The summed E-state index contributed by atoms with van der Waals surface area (Å²) < 4.78 is 0. The van der Waals surface area contributed by atoms with Crippen molar-refractivity contribution in [3.63, 3.8) is 0 Å². The van der Waals surface area contributed by atoms with E-state index in [1.165, 1.54) is 0 Å². The molecule has 1 heterocycles. The number of ketones is 1. The van der Waals surface area contributed by atoms with Gasteiger partial charge < -0.3 is 9.80 Å². The Labute approximate surface area is 172 Å². The van der Waals surface area contributed by atoms with Gasteiger partial charge in [0.1, 0.15) is 0 Å². The highest BCUT2D eigenvalue weighted by Crippen LogP contribution is 2.32. The quantitative estimate of drug-likeness (QED) is 0.481. The summed E-state index contributed by atoms with van der Waals surface area (Å²) in [6.45, 7) is 16.0. The maximum atomic E-state index is 12.2. The fraction of sp³-hybridized carbons (Fsp3) is 0.391. The molecule has 146 valence electrons. The van der Waals surface area contributed by atoms with Gasteiger partial charge in [0, 0.05) is 53.6 Å². The molecule has 0 saturated carbocycles. The molecule has 1 fully saturated rings. The first kappa shape index (κ1) is 20.2. The van der Waals surface area contributed by atoms with E-state index >= 15 is 0 Å². The van der Waals surface area contributed by atoms with Crippen molar-refractivity contribution in [2.24, 2.45) is 5.92 Å². The molecule has 0 radical (unpaired) electrons. The van der Waals surface area contributed by atoms with Gasteiger partial charge in [0.2, 0.25) is 5.69 Å². The minimum atomic E-state index is 0.0134. The zero-order valence-corrected chi connectivity index (χ0v) is 17.4. The van der Waals surface area contributed by atoms with Gasteiger partial charge in [0.25, 0.3) is 0 Å². The molecular formula is C23H26ClN3O. The predicted octanol–water partition coefficient (Wildman–Crippen LogP) is 5.83. The van der Waals surface area contributed by atoms with Crippen molar-refractivity contribution in [2.75, 3.05) is 29.4 Å². The van der Waals surface area contributed by atoms with E-state index in [1.54, 1.807) is 6.07 Å². The van der Waals surface area contributed by atoms with Crippen LogP contribution in [0.2, 0.25) is 5.02 Å². The van der Waals surface area contributed by atoms with Crippen LogP contribution in [0, 0.1) is 12.5 Å². The molecular weight excluding hydrogens is 370 g/mol. The lowest BCUT2D eigenvalue weighted by atomic mass is 10.0. The molecule has 0 aliphatic carbocycles. The average molecular weight is 396 g/mol. The Kier molecular flexibility index (Phi) is 6.26. The van der Waals surface area contributed by atoms with E-state index in [0.29, 0.717) is 16.8 Å². The van der Waals surface area contributed by atoms with Crippen LogP contribution in [0.4, 0.5) is 17.1 Å². The second kappa shape index (κ2) is 8.67. The summed E-state index contributed by atoms with van der Waals surface area (Å²) in [5.74, 6) is 0.196. The molecule has 2 aromatic rings. The summed E-state index contributed by atoms with van der Waals surface area (Å²) in [6, 6.07) is 14.0. The number of carbonyl (C=O) groups is 1. The van der Waals surface area contributed by atoms with Crippen molar-refractivity contribution in [1.82, 2.24) is 0 Å². The Hall–Kier alpha value is -2.51. The van der Waals surface area contributed by atoms with Crippen LogP contribution in [0.1, 0.15) is 37.6 Å². The Bertz CT molecular complexity index is 886. The van der Waals surface area contributed by atoms with Gasteiger partial charge in [-0.05, 0) is 49.7 Å². The van der Waals surface area contributed by atoms with E-state index in [1.807, 2.05) is 38.1 Å². The van der Waals surface area contributed by atoms with Crippen molar-refractivity contribution >= 4 is 34.4 Å². The van der Waals surface area contributed by atoms with Gasteiger partial charge in [0.05, 0.1) is 6.57 Å². The molecule has 0 amide bonds. The first-order chi connectivity index (χ1) is 13.4. The fourth-order valence-electron chi connectivity index (χ4n) is 3.64. The summed E-state index contributed by atoms with van der Waals surface area (Å²) in [7, 11) is 0. The highest BCUT2D eigenvalue weighted by Gasteiger charge is 2.22. The van der Waals surface area contributed by atoms with E-state index in [2.05, 4.69) is 33.7 Å². The van der Waals surface area contributed by atoms with Crippen LogP contribution in [0.3, 0.4) is 0 Å². The van der Waals surface area contributed by atoms with E-state index < -0.39 is 0 Å². The molecule has 0 N–H and O–H groups in total. The number of halogens is 1. The second-order valence-electron chi connectivity index (χ2n) is 7.63. The van der Waals surface area contributed by atoms with Crippen LogP contribution < -0.4 is 9.80 Å². The predicted molar refractivity (Wildman–Crippen MR) is 117 cm³/mol. The number of rotatable bonds is 4. The molecule has 1 aliphatic heterocycles. The maximum Gasteiger partial charge on any atom is 0.205 e. The van der Waals surface area contributed by atoms with Gasteiger partial charge in [-0.15, -0.1) is 0 Å². The first-order valence-electron chi connectivity index (χ1n) is 9.73. The standard InChI is InChI=1S/C23H26ClN3O/c1-16(2)23(28)18-5-7-19(8-6-18)26-12-11-17(3)27(14-13-26)20-9-10-22(25-4)21(24)15-20/h5-10,15-17H,11-14H2,1-3H3/t17-/m0/s1. The first-order valence-corrected chi connectivity index (χ1v) is 10.1. The smallest absolute Gasteiger partial charge is 0.205 e. The molecule has 1 saturated heterocycles. The maximum absolute atomic E-state index is 12.2. The summed E-state index contributed by atoms with van der Waals surface area (Å²) in [4.78, 5) is 20.3. The molecule has 3 rings (SSSR count). The topological polar surface area (TPSA) is 27.9 Å². The van der Waals surface area contributed by atoms with Crippen LogP contribution in [-0.2, 0) is 0 Å². The molecule has 1 aliphatic rings. The van der Waals surface area contributed by atoms with E-state index in [9.17, 15) is 4.79 Å². The van der Waals surface area contributed by atoms with Crippen molar-refractivity contribution in [2.45, 2.75) is 33.2 Å². The molecule has 1 atom stereocenters. The lowest BCUT2D eigenvalue weighted by Crippen LogP contribution is -2.34. The van der Waals surface area contributed by atoms with Crippen molar-refractivity contribution in [1.29, 1.82) is 0 Å². The lowest BCUT2D eigenvalue weighted by Gasteiger charge is -2.29. The number of hydrogen-bond donors (Lipinski definition) is 0. The zero-order chi connectivity index (χ0) is 20.3. The largest absolute Gasteiger partial charge is 0.370 e. The van der Waals surface area contributed by atoms with Crippen LogP contribution in [-0.4, -0.2) is 31.5 Å². The number of benzene rings is 2. The monoisotopic (exact) mass is 395 g/mol. The van der Waals surface area contributed by atoms with Crippen LogP contribution >= 0.6 is 11.6 Å². The number of anilines is 2. The average Bonchev–Trinajstić information content (AvgIpc) is 2.89. The minimum Gasteiger partial charge on any atom is -0.370 e. The SMILES string of the molecule is [C-]#[N+]c1ccc(N2CCN(c3ccc(C(=O)C(C)C)cc3)CC[C@@H]2C)cc1Cl. The number of nitrogens with zero attached hydrogens (tertiary/aromatic N) is 3. The van der Waals surface area contributed by atoms with Crippen LogP contribution in [0.5, 0.6) is 0 Å². The molecule has 28 heavy (non-hydrogen) atoms. The number of carbonyl (C=O) groups excluding carboxylic acids is 1. The second-order valence-corrected chi connectivity index (χ2v) is 8.04. The molecule has 4 nitrogen and oxygen atoms in total. The summed E-state index contributed by atoms with van der Waals surface area (Å²) in [5.41, 5.74) is 3.48. The third kappa shape index (κ3) is 4.31. The van der Waals surface area contributed by atoms with Gasteiger partial charge in [0.15, 0.2) is 5.78 Å². The Morgan fingerprint density at radius 2 is 1.79 bits per heavy atom. The highest BCUT2D eigenvalue weighted by molar-refractivity contribution is 6.33. The van der Waals surface area contributed by atoms with Crippen molar-refractivity contribution in [3.8, 4) is 0 Å². The van der Waals surface area contributed by atoms with Crippen LogP contribution in [0.15, 0.2) is 42.5 Å². The van der Waals surface area contributed by atoms with Crippen LogP contribution in [0.25, 0.3) is 4.85 Å². The van der Waals surface area contributed by atoms with Gasteiger partial charge >= 0.3 is 0 Å². The third-order valence-electron chi connectivity index (χ3n) is 5.38. The summed E-state index contributed by atoms with van der Waals surface area (Å²) >= 11 is 6.25. The van der Waals surface area contributed by atoms with Gasteiger partial charge in [-0.25, -0.2) is 4.85 Å². The molecule has 0 bridgehead atoms.